The molecule has 0 amide bonds. The molecule has 0 aliphatic heterocycles. The number of aromatic nitrogens is 2. The number of ether oxygens (including phenoxy) is 2. The highest BCUT2D eigenvalue weighted by molar-refractivity contribution is 7.71. The predicted molar refractivity (Wildman–Crippen MR) is 116 cm³/mol. The Morgan fingerprint density at radius 2 is 1.97 bits per heavy atom. The van der Waals surface area contributed by atoms with E-state index in [1.54, 1.807) is 21.1 Å². The Hall–Kier alpha value is -2.49. The molecule has 0 aliphatic carbocycles. The first-order valence-electron chi connectivity index (χ1n) is 9.17. The van der Waals surface area contributed by atoms with Crippen LogP contribution in [0.5, 0.6) is 11.6 Å². The highest BCUT2D eigenvalue weighted by atomic mass is 32.1. The van der Waals surface area contributed by atoms with Gasteiger partial charge in [-0.1, -0.05) is 12.1 Å². The smallest absolute Gasteiger partial charge is 0.264 e. The molecule has 1 heterocycles. The number of benzene rings is 1. The van der Waals surface area contributed by atoms with Crippen LogP contribution in [0.2, 0.25) is 0 Å². The third kappa shape index (κ3) is 5.53. The predicted octanol–water partition coefficient (Wildman–Crippen LogP) is 2.38. The molecule has 1 aromatic heterocycles. The fraction of sp³-hybridized carbons (Fsp3) is 0.450. The van der Waals surface area contributed by atoms with E-state index in [4.69, 9.17) is 21.7 Å². The topological polar surface area (TPSA) is 92.1 Å². The summed E-state index contributed by atoms with van der Waals surface area (Å²) >= 11 is 5.15. The molecule has 158 valence electrons. The van der Waals surface area contributed by atoms with Gasteiger partial charge in [-0.05, 0) is 50.9 Å². The summed E-state index contributed by atoms with van der Waals surface area (Å²) in [6.07, 6.45) is 0. The number of methoxy groups -OCH3 is 2. The lowest BCUT2D eigenvalue weighted by molar-refractivity contribution is 0.182. The van der Waals surface area contributed by atoms with E-state index >= 15 is 0 Å². The number of likely N-dealkylation sites (N-methyl/N-ethyl adjacent to an activating group) is 1. The molecule has 2 N–H and O–H groups in total. The molecule has 1 atom stereocenters. The number of nitrogens with zero attached hydrogens (tertiary/aromatic N) is 3. The largest absolute Gasteiger partial charge is 0.497 e. The summed E-state index contributed by atoms with van der Waals surface area (Å²) in [6.45, 7) is 2.79. The summed E-state index contributed by atoms with van der Waals surface area (Å²) in [5, 5.41) is 10.6. The van der Waals surface area contributed by atoms with Crippen molar-refractivity contribution >= 4 is 17.9 Å². The van der Waals surface area contributed by atoms with Gasteiger partial charge in [-0.3, -0.25) is 19.3 Å². The molecular formula is C20H28N4O4S. The average molecular weight is 421 g/mol. The fourth-order valence-corrected chi connectivity index (χ4v) is 3.24. The van der Waals surface area contributed by atoms with Crippen molar-refractivity contribution in [3.8, 4) is 11.6 Å². The molecular weight excluding hydrogens is 392 g/mol. The molecule has 8 nitrogen and oxygen atoms in total. The summed E-state index contributed by atoms with van der Waals surface area (Å²) in [6, 6.07) is 7.78. The van der Waals surface area contributed by atoms with Crippen molar-refractivity contribution in [3.63, 3.8) is 0 Å². The molecule has 1 aromatic carbocycles. The molecule has 0 aliphatic rings. The minimum Gasteiger partial charge on any atom is -0.497 e. The zero-order chi connectivity index (χ0) is 21.6. The average Bonchev–Trinajstić information content (AvgIpc) is 2.68. The number of aliphatic imine (C=N–C) groups is 1. The second-order valence-electron chi connectivity index (χ2n) is 6.78. The molecule has 9 heteroatoms. The molecule has 0 radical (unpaired) electrons. The molecule has 0 saturated carbocycles. The van der Waals surface area contributed by atoms with Crippen LogP contribution in [0.25, 0.3) is 0 Å². The minimum absolute atomic E-state index is 0.00378. The van der Waals surface area contributed by atoms with Gasteiger partial charge in [-0.25, -0.2) is 0 Å². The highest BCUT2D eigenvalue weighted by Gasteiger charge is 2.18. The van der Waals surface area contributed by atoms with Gasteiger partial charge in [0.25, 0.3) is 5.56 Å². The summed E-state index contributed by atoms with van der Waals surface area (Å²) in [5.74, 6) is 0.579. The van der Waals surface area contributed by atoms with Crippen LogP contribution in [0, 0.1) is 4.77 Å². The molecule has 2 aromatic rings. The normalized spacial score (nSPS) is 13.0. The van der Waals surface area contributed by atoms with Gasteiger partial charge in [0.05, 0.1) is 32.8 Å². The van der Waals surface area contributed by atoms with Crippen LogP contribution < -0.4 is 10.3 Å². The molecule has 0 spiro atoms. The van der Waals surface area contributed by atoms with Crippen molar-refractivity contribution in [1.82, 2.24) is 14.5 Å². The van der Waals surface area contributed by atoms with E-state index < -0.39 is 5.56 Å². The maximum absolute atomic E-state index is 12.4. The minimum atomic E-state index is -0.465. The number of hydrogen-bond donors (Lipinski definition) is 2. The monoisotopic (exact) mass is 420 g/mol. The Bertz CT molecular complexity index is 964. The van der Waals surface area contributed by atoms with Crippen molar-refractivity contribution in [3.05, 3.63) is 50.5 Å². The summed E-state index contributed by atoms with van der Waals surface area (Å²) in [5.41, 5.74) is 1.15. The quantitative estimate of drug-likeness (QED) is 0.478. The molecule has 0 bridgehead atoms. The van der Waals surface area contributed by atoms with Crippen LogP contribution in [0.4, 0.5) is 0 Å². The van der Waals surface area contributed by atoms with Crippen molar-refractivity contribution in [2.75, 3.05) is 41.5 Å². The Morgan fingerprint density at radius 3 is 2.52 bits per heavy atom. The van der Waals surface area contributed by atoms with Crippen LogP contribution in [0.15, 0.2) is 34.1 Å². The van der Waals surface area contributed by atoms with Gasteiger partial charge in [-0.15, -0.1) is 0 Å². The van der Waals surface area contributed by atoms with E-state index in [2.05, 4.69) is 9.98 Å². The SMILES string of the molecule is COCCn1c(O)c(C(C)=NCC(c2ccc(OC)cc2)N(C)C)c(=O)[nH]c1=S. The Kier molecular flexibility index (Phi) is 8.12. The van der Waals surface area contributed by atoms with Crippen LogP contribution >= 0.6 is 12.2 Å². The van der Waals surface area contributed by atoms with Gasteiger partial charge < -0.3 is 19.5 Å². The van der Waals surface area contributed by atoms with Crippen molar-refractivity contribution in [2.24, 2.45) is 4.99 Å². The zero-order valence-corrected chi connectivity index (χ0v) is 18.2. The maximum atomic E-state index is 12.4. The van der Waals surface area contributed by atoms with E-state index in [0.29, 0.717) is 25.4 Å². The molecule has 2 rings (SSSR count). The maximum Gasteiger partial charge on any atom is 0.264 e. The number of aromatic hydroxyl groups is 1. The molecule has 0 saturated heterocycles. The zero-order valence-electron chi connectivity index (χ0n) is 17.4. The first-order chi connectivity index (χ1) is 13.8. The van der Waals surface area contributed by atoms with E-state index in [-0.39, 0.29) is 22.3 Å². The number of nitrogens with one attached hydrogen (secondary N) is 1. The Labute approximate surface area is 175 Å². The van der Waals surface area contributed by atoms with Crippen LogP contribution in [-0.4, -0.2) is 66.7 Å². The van der Waals surface area contributed by atoms with Crippen molar-refractivity contribution in [1.29, 1.82) is 0 Å². The number of rotatable bonds is 9. The van der Waals surface area contributed by atoms with E-state index in [0.717, 1.165) is 11.3 Å². The molecule has 1 unspecified atom stereocenters. The lowest BCUT2D eigenvalue weighted by Crippen LogP contribution is -2.25. The van der Waals surface area contributed by atoms with Gasteiger partial charge in [0, 0.05) is 12.8 Å². The van der Waals surface area contributed by atoms with Gasteiger partial charge >= 0.3 is 0 Å². The van der Waals surface area contributed by atoms with Gasteiger partial charge in [0.1, 0.15) is 11.3 Å². The van der Waals surface area contributed by atoms with Crippen LogP contribution in [0.1, 0.15) is 24.1 Å². The van der Waals surface area contributed by atoms with Gasteiger partial charge in [-0.2, -0.15) is 0 Å². The van der Waals surface area contributed by atoms with E-state index in [1.165, 1.54) is 4.57 Å². The lowest BCUT2D eigenvalue weighted by atomic mass is 10.1. The number of H-pyrrole nitrogens is 1. The summed E-state index contributed by atoms with van der Waals surface area (Å²) in [7, 11) is 7.12. The second kappa shape index (κ2) is 10.3. The van der Waals surface area contributed by atoms with Crippen molar-refractivity contribution < 1.29 is 14.6 Å². The number of aromatic amines is 1. The number of hydrogen-bond acceptors (Lipinski definition) is 7. The lowest BCUT2D eigenvalue weighted by Gasteiger charge is -2.23. The highest BCUT2D eigenvalue weighted by Crippen LogP contribution is 2.22. The molecule has 29 heavy (non-hydrogen) atoms. The Morgan fingerprint density at radius 1 is 1.31 bits per heavy atom. The first-order valence-corrected chi connectivity index (χ1v) is 9.57. The standard InChI is InChI=1S/C20H28N4O4S/c1-13(17-18(25)22-20(29)24(19(17)26)10-11-27-4)21-12-16(23(2)3)14-6-8-15(28-5)9-7-14/h6-9,16,26H,10-12H2,1-5H3,(H,22,25,29). The third-order valence-corrected chi connectivity index (χ3v) is 5.00. The van der Waals surface area contributed by atoms with Crippen LogP contribution in [0.3, 0.4) is 0 Å². The van der Waals surface area contributed by atoms with Crippen molar-refractivity contribution in [2.45, 2.75) is 19.5 Å². The second-order valence-corrected chi connectivity index (χ2v) is 7.17. The summed E-state index contributed by atoms with van der Waals surface area (Å²) < 4.78 is 11.8. The summed E-state index contributed by atoms with van der Waals surface area (Å²) in [4.78, 5) is 21.7. The van der Waals surface area contributed by atoms with Gasteiger partial charge in [0.2, 0.25) is 5.88 Å². The fourth-order valence-electron chi connectivity index (χ4n) is 2.97. The molecule has 0 fully saturated rings. The first kappa shape index (κ1) is 22.8. The Balaban J connectivity index is 2.35. The van der Waals surface area contributed by atoms with E-state index in [1.807, 2.05) is 43.3 Å². The van der Waals surface area contributed by atoms with Crippen LogP contribution in [-0.2, 0) is 11.3 Å². The third-order valence-electron chi connectivity index (χ3n) is 4.68. The van der Waals surface area contributed by atoms with E-state index in [9.17, 15) is 9.90 Å². The van der Waals surface area contributed by atoms with Gasteiger partial charge in [0.15, 0.2) is 4.77 Å².